The van der Waals surface area contributed by atoms with Gasteiger partial charge in [-0.2, -0.15) is 0 Å². The molecule has 1 aliphatic heterocycles. The molecule has 1 fully saturated rings. The summed E-state index contributed by atoms with van der Waals surface area (Å²) in [5, 5.41) is 28.3. The highest BCUT2D eigenvalue weighted by atomic mass is 16.7. The molecule has 0 unspecified atom stereocenters. The Morgan fingerprint density at radius 1 is 1.27 bits per heavy atom. The molecule has 0 aliphatic carbocycles. The van der Waals surface area contributed by atoms with Gasteiger partial charge in [0, 0.05) is 13.7 Å². The Bertz CT molecular complexity index is 183. The highest BCUT2D eigenvalue weighted by Gasteiger charge is 2.44. The maximum absolute atomic E-state index is 9.69. The highest BCUT2D eigenvalue weighted by molar-refractivity contribution is 4.89. The normalized spacial score (nSPS) is 41.8. The van der Waals surface area contributed by atoms with Gasteiger partial charge in [-0.3, -0.25) is 0 Å². The van der Waals surface area contributed by atoms with E-state index in [0.717, 1.165) is 0 Å². The van der Waals surface area contributed by atoms with E-state index in [4.69, 9.17) is 19.3 Å². The third-order valence-electron chi connectivity index (χ3n) is 2.42. The molecule has 1 rings (SSSR count). The first-order chi connectivity index (χ1) is 7.15. The lowest BCUT2D eigenvalue weighted by Gasteiger charge is -2.41. The van der Waals surface area contributed by atoms with Gasteiger partial charge in [-0.15, -0.1) is 0 Å². The fourth-order valence-electron chi connectivity index (χ4n) is 1.65. The number of ether oxygens (including phenoxy) is 3. The highest BCUT2D eigenvalue weighted by Crippen LogP contribution is 2.23. The van der Waals surface area contributed by atoms with Crippen LogP contribution >= 0.6 is 0 Å². The summed E-state index contributed by atoms with van der Waals surface area (Å²) < 4.78 is 15.3. The number of methoxy groups -OCH3 is 1. The first kappa shape index (κ1) is 12.8. The largest absolute Gasteiger partial charge is 0.394 e. The van der Waals surface area contributed by atoms with Gasteiger partial charge >= 0.3 is 0 Å². The minimum atomic E-state index is -1.17. The van der Waals surface area contributed by atoms with Crippen LogP contribution in [-0.2, 0) is 14.2 Å². The first-order valence-corrected chi connectivity index (χ1v) is 4.92. The summed E-state index contributed by atoms with van der Waals surface area (Å²) in [6.07, 6.45) is -4.66. The predicted molar refractivity (Wildman–Crippen MR) is 50.2 cm³/mol. The maximum Gasteiger partial charge on any atom is 0.186 e. The Balaban J connectivity index is 2.68. The van der Waals surface area contributed by atoms with E-state index in [2.05, 4.69) is 0 Å². The molecule has 6 nitrogen and oxygen atoms in total. The quantitative estimate of drug-likeness (QED) is 0.535. The SMILES string of the molecule is CCO[C@H]1O[C@H](CO)[C@@H](OC)[C@H](O)[C@H]1O. The van der Waals surface area contributed by atoms with Crippen LogP contribution in [0, 0.1) is 0 Å². The molecule has 0 aromatic heterocycles. The van der Waals surface area contributed by atoms with Gasteiger partial charge in [0.2, 0.25) is 0 Å². The zero-order chi connectivity index (χ0) is 11.4. The van der Waals surface area contributed by atoms with Crippen molar-refractivity contribution < 1.29 is 29.5 Å². The average Bonchev–Trinajstić information content (AvgIpc) is 2.24. The second-order valence-electron chi connectivity index (χ2n) is 3.36. The molecule has 1 heterocycles. The van der Waals surface area contributed by atoms with Gasteiger partial charge < -0.3 is 29.5 Å². The number of hydrogen-bond donors (Lipinski definition) is 3. The smallest absolute Gasteiger partial charge is 0.186 e. The van der Waals surface area contributed by atoms with E-state index in [0.29, 0.717) is 6.61 Å². The van der Waals surface area contributed by atoms with Crippen molar-refractivity contribution >= 4 is 0 Å². The van der Waals surface area contributed by atoms with Crippen LogP contribution in [0.4, 0.5) is 0 Å². The Morgan fingerprint density at radius 3 is 2.40 bits per heavy atom. The molecule has 3 N–H and O–H groups in total. The molecule has 0 aromatic rings. The van der Waals surface area contributed by atoms with Crippen LogP contribution in [-0.4, -0.2) is 66.3 Å². The summed E-state index contributed by atoms with van der Waals surface area (Å²) in [6.45, 7) is 1.80. The van der Waals surface area contributed by atoms with Crippen molar-refractivity contribution in [1.29, 1.82) is 0 Å². The minimum absolute atomic E-state index is 0.300. The summed E-state index contributed by atoms with van der Waals surface area (Å²) in [6, 6.07) is 0. The van der Waals surface area contributed by atoms with Gasteiger partial charge in [0.1, 0.15) is 24.4 Å². The summed E-state index contributed by atoms with van der Waals surface area (Å²) in [5.74, 6) is 0. The predicted octanol–water partition coefficient (Wildman–Crippen LogP) is -1.52. The first-order valence-electron chi connectivity index (χ1n) is 4.92. The van der Waals surface area contributed by atoms with Crippen molar-refractivity contribution in [3.63, 3.8) is 0 Å². The topological polar surface area (TPSA) is 88.4 Å². The lowest BCUT2D eigenvalue weighted by Crippen LogP contribution is -2.59. The number of rotatable bonds is 4. The second-order valence-corrected chi connectivity index (χ2v) is 3.36. The van der Waals surface area contributed by atoms with Crippen LogP contribution in [0.5, 0.6) is 0 Å². The molecule has 90 valence electrons. The Kier molecular flexibility index (Phi) is 4.91. The average molecular weight is 222 g/mol. The summed E-state index contributed by atoms with van der Waals surface area (Å²) >= 11 is 0. The van der Waals surface area contributed by atoms with Crippen molar-refractivity contribution in [2.45, 2.75) is 37.6 Å². The Morgan fingerprint density at radius 2 is 1.93 bits per heavy atom. The zero-order valence-electron chi connectivity index (χ0n) is 8.87. The third-order valence-corrected chi connectivity index (χ3v) is 2.42. The van der Waals surface area contributed by atoms with Crippen LogP contribution < -0.4 is 0 Å². The fraction of sp³-hybridized carbons (Fsp3) is 1.00. The van der Waals surface area contributed by atoms with Crippen molar-refractivity contribution in [2.24, 2.45) is 0 Å². The van der Waals surface area contributed by atoms with E-state index in [9.17, 15) is 10.2 Å². The van der Waals surface area contributed by atoms with Crippen molar-refractivity contribution in [2.75, 3.05) is 20.3 Å². The molecule has 0 aromatic carbocycles. The number of aliphatic hydroxyl groups excluding tert-OH is 3. The van der Waals surface area contributed by atoms with Crippen LogP contribution in [0.25, 0.3) is 0 Å². The lowest BCUT2D eigenvalue weighted by molar-refractivity contribution is -0.303. The molecule has 15 heavy (non-hydrogen) atoms. The van der Waals surface area contributed by atoms with E-state index >= 15 is 0 Å². The van der Waals surface area contributed by atoms with E-state index in [1.165, 1.54) is 7.11 Å². The minimum Gasteiger partial charge on any atom is -0.394 e. The summed E-state index contributed by atoms with van der Waals surface area (Å²) in [4.78, 5) is 0. The molecule has 1 saturated heterocycles. The lowest BCUT2D eigenvalue weighted by atomic mass is 9.99. The van der Waals surface area contributed by atoms with Gasteiger partial charge in [-0.25, -0.2) is 0 Å². The monoisotopic (exact) mass is 222 g/mol. The van der Waals surface area contributed by atoms with E-state index in [1.54, 1.807) is 6.92 Å². The fourth-order valence-corrected chi connectivity index (χ4v) is 1.65. The molecule has 5 atom stereocenters. The van der Waals surface area contributed by atoms with Crippen LogP contribution in [0.3, 0.4) is 0 Å². The van der Waals surface area contributed by atoms with E-state index < -0.39 is 30.7 Å². The summed E-state index contributed by atoms with van der Waals surface area (Å²) in [5.41, 5.74) is 0. The van der Waals surface area contributed by atoms with Gasteiger partial charge in [-0.1, -0.05) is 0 Å². The number of aliphatic hydroxyl groups is 3. The van der Waals surface area contributed by atoms with Crippen molar-refractivity contribution in [3.8, 4) is 0 Å². The van der Waals surface area contributed by atoms with Crippen LogP contribution in [0.2, 0.25) is 0 Å². The van der Waals surface area contributed by atoms with Crippen molar-refractivity contribution in [1.82, 2.24) is 0 Å². The second kappa shape index (κ2) is 5.74. The Hall–Kier alpha value is -0.240. The molecule has 0 saturated carbocycles. The van der Waals surface area contributed by atoms with Crippen LogP contribution in [0.1, 0.15) is 6.92 Å². The standard InChI is InChI=1S/C9H18O6/c1-3-14-9-7(12)6(11)8(13-2)5(4-10)15-9/h5-12H,3-4H2,1-2H3/t5-,6-,7-,8-,9+/m1/s1. The van der Waals surface area contributed by atoms with Gasteiger partial charge in [0.05, 0.1) is 6.61 Å². The van der Waals surface area contributed by atoms with E-state index in [1.807, 2.05) is 0 Å². The molecule has 1 aliphatic rings. The van der Waals surface area contributed by atoms with E-state index in [-0.39, 0.29) is 6.61 Å². The molecular weight excluding hydrogens is 204 g/mol. The van der Waals surface area contributed by atoms with Gasteiger partial charge in [0.15, 0.2) is 6.29 Å². The maximum atomic E-state index is 9.69. The molecular formula is C9H18O6. The molecule has 6 heteroatoms. The molecule has 0 spiro atoms. The zero-order valence-corrected chi connectivity index (χ0v) is 8.87. The van der Waals surface area contributed by atoms with Crippen LogP contribution in [0.15, 0.2) is 0 Å². The Labute approximate surface area is 88.4 Å². The van der Waals surface area contributed by atoms with Crippen molar-refractivity contribution in [3.05, 3.63) is 0 Å². The number of hydrogen-bond acceptors (Lipinski definition) is 6. The molecule has 0 amide bonds. The summed E-state index contributed by atoms with van der Waals surface area (Å²) in [7, 11) is 1.38. The third kappa shape index (κ3) is 2.66. The molecule has 0 bridgehead atoms. The van der Waals surface area contributed by atoms with Gasteiger partial charge in [-0.05, 0) is 6.92 Å². The van der Waals surface area contributed by atoms with Gasteiger partial charge in [0.25, 0.3) is 0 Å². The molecule has 0 radical (unpaired) electrons.